The van der Waals surface area contributed by atoms with Crippen LogP contribution in [0.3, 0.4) is 0 Å². The Morgan fingerprint density at radius 2 is 2.27 bits per heavy atom. The van der Waals surface area contributed by atoms with Gasteiger partial charge in [-0.15, -0.1) is 11.6 Å². The molecule has 0 aliphatic carbocycles. The van der Waals surface area contributed by atoms with E-state index in [1.54, 1.807) is 0 Å². The Morgan fingerprint density at radius 3 is 2.93 bits per heavy atom. The molecular weight excluding hydrogens is 208 g/mol. The van der Waals surface area contributed by atoms with Crippen molar-refractivity contribution in [3.05, 3.63) is 0 Å². The molecule has 0 aromatic carbocycles. The first kappa shape index (κ1) is 13.3. The highest BCUT2D eigenvalue weighted by Gasteiger charge is 2.18. The lowest BCUT2D eigenvalue weighted by atomic mass is 10.00. The van der Waals surface area contributed by atoms with Crippen molar-refractivity contribution < 1.29 is 0 Å². The molecule has 0 aromatic rings. The van der Waals surface area contributed by atoms with E-state index in [-0.39, 0.29) is 0 Å². The summed E-state index contributed by atoms with van der Waals surface area (Å²) < 4.78 is 0. The maximum absolute atomic E-state index is 5.70. The third-order valence-corrected chi connectivity index (χ3v) is 3.65. The molecule has 2 atom stereocenters. The molecule has 2 unspecified atom stereocenters. The lowest BCUT2D eigenvalue weighted by Crippen LogP contribution is -2.39. The Hall–Kier alpha value is 0.210. The summed E-state index contributed by atoms with van der Waals surface area (Å²) in [5.74, 6) is 0.761. The maximum Gasteiger partial charge on any atom is 0.0238 e. The van der Waals surface area contributed by atoms with Crippen molar-refractivity contribution in [2.24, 2.45) is 0 Å². The number of nitrogens with zero attached hydrogens (tertiary/aromatic N) is 1. The smallest absolute Gasteiger partial charge is 0.0238 e. The van der Waals surface area contributed by atoms with Crippen molar-refractivity contribution >= 4 is 11.6 Å². The Kier molecular flexibility index (Phi) is 6.62. The number of likely N-dealkylation sites (tertiary alicyclic amines) is 1. The summed E-state index contributed by atoms with van der Waals surface area (Å²) in [6.45, 7) is 4.63. The van der Waals surface area contributed by atoms with Crippen molar-refractivity contribution in [1.82, 2.24) is 10.2 Å². The molecule has 0 aromatic heterocycles. The van der Waals surface area contributed by atoms with Crippen LogP contribution in [0.5, 0.6) is 0 Å². The SMILES string of the molecule is CC(CCCl)NCCC1CCCCN1C. The van der Waals surface area contributed by atoms with Gasteiger partial charge in [0.2, 0.25) is 0 Å². The average Bonchev–Trinajstić information content (AvgIpc) is 2.21. The first-order chi connectivity index (χ1) is 7.24. The maximum atomic E-state index is 5.70. The van der Waals surface area contributed by atoms with Gasteiger partial charge in [0.25, 0.3) is 0 Å². The number of hydrogen-bond acceptors (Lipinski definition) is 2. The van der Waals surface area contributed by atoms with E-state index in [0.29, 0.717) is 6.04 Å². The van der Waals surface area contributed by atoms with Gasteiger partial charge in [0.05, 0.1) is 0 Å². The topological polar surface area (TPSA) is 15.3 Å². The van der Waals surface area contributed by atoms with E-state index < -0.39 is 0 Å². The minimum absolute atomic E-state index is 0.566. The van der Waals surface area contributed by atoms with Crippen LogP contribution in [0.1, 0.15) is 39.0 Å². The molecular formula is C12H25ClN2. The second-order valence-electron chi connectivity index (χ2n) is 4.75. The number of alkyl halides is 1. The highest BCUT2D eigenvalue weighted by atomic mass is 35.5. The molecule has 1 N–H and O–H groups in total. The Labute approximate surface area is 99.4 Å². The van der Waals surface area contributed by atoms with Gasteiger partial charge in [-0.3, -0.25) is 0 Å². The summed E-state index contributed by atoms with van der Waals surface area (Å²) in [6.07, 6.45) is 6.52. The fourth-order valence-electron chi connectivity index (χ4n) is 2.27. The Balaban J connectivity index is 2.08. The molecule has 0 amide bonds. The number of piperidine rings is 1. The standard InChI is InChI=1S/C12H25ClN2/c1-11(6-8-13)14-9-7-12-5-3-4-10-15(12)2/h11-12,14H,3-10H2,1-2H3. The van der Waals surface area contributed by atoms with Gasteiger partial charge in [0.1, 0.15) is 0 Å². The molecule has 0 saturated carbocycles. The number of hydrogen-bond donors (Lipinski definition) is 1. The highest BCUT2D eigenvalue weighted by molar-refractivity contribution is 6.17. The zero-order valence-corrected chi connectivity index (χ0v) is 10.9. The van der Waals surface area contributed by atoms with E-state index in [0.717, 1.165) is 24.9 Å². The van der Waals surface area contributed by atoms with Gasteiger partial charge in [-0.25, -0.2) is 0 Å². The normalized spacial score (nSPS) is 25.4. The van der Waals surface area contributed by atoms with Crippen LogP contribution in [0.2, 0.25) is 0 Å². The van der Waals surface area contributed by atoms with Gasteiger partial charge in [0, 0.05) is 18.0 Å². The highest BCUT2D eigenvalue weighted by Crippen LogP contribution is 2.17. The van der Waals surface area contributed by atoms with Crippen LogP contribution in [0.25, 0.3) is 0 Å². The fourth-order valence-corrected chi connectivity index (χ4v) is 2.60. The molecule has 15 heavy (non-hydrogen) atoms. The largest absolute Gasteiger partial charge is 0.314 e. The van der Waals surface area contributed by atoms with E-state index in [2.05, 4.69) is 24.2 Å². The predicted octanol–water partition coefficient (Wildman–Crippen LogP) is 2.47. The van der Waals surface area contributed by atoms with Crippen LogP contribution >= 0.6 is 11.6 Å². The lowest BCUT2D eigenvalue weighted by Gasteiger charge is -2.32. The second kappa shape index (κ2) is 7.48. The van der Waals surface area contributed by atoms with Crippen LogP contribution in [-0.2, 0) is 0 Å². The molecule has 1 fully saturated rings. The van der Waals surface area contributed by atoms with Gasteiger partial charge in [-0.2, -0.15) is 0 Å². The Morgan fingerprint density at radius 1 is 1.47 bits per heavy atom. The van der Waals surface area contributed by atoms with Crippen molar-refractivity contribution in [3.8, 4) is 0 Å². The van der Waals surface area contributed by atoms with Gasteiger partial charge >= 0.3 is 0 Å². The summed E-state index contributed by atoms with van der Waals surface area (Å²) >= 11 is 5.70. The summed E-state index contributed by atoms with van der Waals surface area (Å²) in [4.78, 5) is 2.51. The number of halogens is 1. The van der Waals surface area contributed by atoms with E-state index in [1.807, 2.05) is 0 Å². The molecule has 2 nitrogen and oxygen atoms in total. The summed E-state index contributed by atoms with van der Waals surface area (Å²) in [6, 6.07) is 1.37. The molecule has 0 radical (unpaired) electrons. The van der Waals surface area contributed by atoms with E-state index in [1.165, 1.54) is 32.2 Å². The average molecular weight is 233 g/mol. The zero-order chi connectivity index (χ0) is 11.1. The predicted molar refractivity (Wildman–Crippen MR) is 67.7 cm³/mol. The molecule has 3 heteroatoms. The molecule has 0 spiro atoms. The molecule has 1 heterocycles. The molecule has 1 rings (SSSR count). The van der Waals surface area contributed by atoms with Crippen molar-refractivity contribution in [2.45, 2.75) is 51.1 Å². The summed E-state index contributed by atoms with van der Waals surface area (Å²) in [5.41, 5.74) is 0. The van der Waals surface area contributed by atoms with Crippen LogP contribution in [0.15, 0.2) is 0 Å². The van der Waals surface area contributed by atoms with Crippen molar-refractivity contribution in [3.63, 3.8) is 0 Å². The first-order valence-electron chi connectivity index (χ1n) is 6.23. The van der Waals surface area contributed by atoms with Crippen molar-refractivity contribution in [1.29, 1.82) is 0 Å². The molecule has 1 aliphatic heterocycles. The van der Waals surface area contributed by atoms with Crippen molar-refractivity contribution in [2.75, 3.05) is 26.0 Å². The quantitative estimate of drug-likeness (QED) is 0.708. The van der Waals surface area contributed by atoms with Crippen LogP contribution in [0, 0.1) is 0 Å². The Bertz CT molecular complexity index is 164. The van der Waals surface area contributed by atoms with Crippen LogP contribution in [0.4, 0.5) is 0 Å². The van der Waals surface area contributed by atoms with E-state index in [4.69, 9.17) is 11.6 Å². The first-order valence-corrected chi connectivity index (χ1v) is 6.77. The third kappa shape index (κ3) is 5.19. The zero-order valence-electron chi connectivity index (χ0n) is 10.1. The fraction of sp³-hybridized carbons (Fsp3) is 1.00. The van der Waals surface area contributed by atoms with Gasteiger partial charge in [-0.1, -0.05) is 6.42 Å². The molecule has 90 valence electrons. The molecule has 0 bridgehead atoms. The van der Waals surface area contributed by atoms with Gasteiger partial charge in [0.15, 0.2) is 0 Å². The molecule has 1 aliphatic rings. The number of nitrogens with one attached hydrogen (secondary N) is 1. The third-order valence-electron chi connectivity index (χ3n) is 3.43. The summed E-state index contributed by atoms with van der Waals surface area (Å²) in [5, 5.41) is 3.54. The van der Waals surface area contributed by atoms with Crippen LogP contribution in [-0.4, -0.2) is 43.0 Å². The summed E-state index contributed by atoms with van der Waals surface area (Å²) in [7, 11) is 2.26. The minimum atomic E-state index is 0.566. The van der Waals surface area contributed by atoms with Gasteiger partial charge in [-0.05, 0) is 52.7 Å². The monoisotopic (exact) mass is 232 g/mol. The number of rotatable bonds is 6. The van der Waals surface area contributed by atoms with E-state index >= 15 is 0 Å². The van der Waals surface area contributed by atoms with Crippen LogP contribution < -0.4 is 5.32 Å². The second-order valence-corrected chi connectivity index (χ2v) is 5.13. The lowest BCUT2D eigenvalue weighted by molar-refractivity contribution is 0.174. The van der Waals surface area contributed by atoms with Gasteiger partial charge < -0.3 is 10.2 Å². The molecule has 1 saturated heterocycles. The van der Waals surface area contributed by atoms with E-state index in [9.17, 15) is 0 Å². The minimum Gasteiger partial charge on any atom is -0.314 e.